The van der Waals surface area contributed by atoms with Crippen molar-refractivity contribution in [3.8, 4) is 0 Å². The van der Waals surface area contributed by atoms with Crippen LogP contribution in [0.5, 0.6) is 0 Å². The number of benzene rings is 1. The van der Waals surface area contributed by atoms with Crippen LogP contribution in [0.25, 0.3) is 0 Å². The van der Waals surface area contributed by atoms with Crippen molar-refractivity contribution in [3.05, 3.63) is 29.8 Å². The van der Waals surface area contributed by atoms with Gasteiger partial charge in [-0.1, -0.05) is 32.9 Å². The zero-order valence-corrected chi connectivity index (χ0v) is 19.1. The fraction of sp³-hybridized carbons (Fsp3) is 0.750. The third-order valence-corrected chi connectivity index (χ3v) is 10.4. The summed E-state index contributed by atoms with van der Waals surface area (Å²) in [5, 5.41) is 0. The average Bonchev–Trinajstić information content (AvgIpc) is 2.66. The normalized spacial score (nSPS) is 35.9. The summed E-state index contributed by atoms with van der Waals surface area (Å²) in [5.74, 6) is 2.87. The van der Waals surface area contributed by atoms with Crippen LogP contribution in [0.3, 0.4) is 0 Å². The summed E-state index contributed by atoms with van der Waals surface area (Å²) in [4.78, 5) is 2.16. The molecule has 1 aliphatic heterocycles. The maximum atomic E-state index is 13.2. The molecule has 0 atom stereocenters. The molecule has 5 heteroatoms. The van der Waals surface area contributed by atoms with E-state index in [0.717, 1.165) is 30.8 Å². The van der Waals surface area contributed by atoms with Crippen molar-refractivity contribution < 1.29 is 13.3 Å². The second kappa shape index (κ2) is 6.80. The van der Waals surface area contributed by atoms with Crippen molar-refractivity contribution in [1.29, 1.82) is 0 Å². The maximum absolute atomic E-state index is 13.2. The molecule has 4 aliphatic carbocycles. The number of nitrogens with zero attached hydrogens (tertiary/aromatic N) is 1. The van der Waals surface area contributed by atoms with E-state index in [2.05, 4.69) is 20.8 Å². The molecule has 1 N–H and O–H groups in total. The first-order valence-electron chi connectivity index (χ1n) is 11.6. The summed E-state index contributed by atoms with van der Waals surface area (Å²) in [6.45, 7) is 9.76. The molecule has 5 fully saturated rings. The van der Waals surface area contributed by atoms with Gasteiger partial charge in [-0.25, -0.2) is 8.42 Å². The van der Waals surface area contributed by atoms with Gasteiger partial charge >= 0.3 is 0 Å². The molecular formula is C24H37N2O2S+. The van der Waals surface area contributed by atoms with Crippen LogP contribution in [0.1, 0.15) is 64.9 Å². The molecule has 1 aromatic rings. The van der Waals surface area contributed by atoms with Crippen molar-refractivity contribution >= 4 is 10.0 Å². The van der Waals surface area contributed by atoms with Crippen molar-refractivity contribution in [2.45, 2.75) is 75.1 Å². The topological polar surface area (TPSA) is 41.8 Å². The second-order valence-corrected chi connectivity index (χ2v) is 13.4. The highest BCUT2D eigenvalue weighted by atomic mass is 32.2. The zero-order chi connectivity index (χ0) is 20.4. The van der Waals surface area contributed by atoms with Crippen LogP contribution in [-0.2, 0) is 15.4 Å². The number of hydrogen-bond acceptors (Lipinski definition) is 2. The summed E-state index contributed by atoms with van der Waals surface area (Å²) in [6.07, 6.45) is 8.60. The molecule has 0 radical (unpaired) electrons. The van der Waals surface area contributed by atoms with Crippen LogP contribution in [0.4, 0.5) is 0 Å². The summed E-state index contributed by atoms with van der Waals surface area (Å²) in [5.41, 5.74) is 1.68. The molecule has 5 aliphatic rings. The Balaban J connectivity index is 1.28. The van der Waals surface area contributed by atoms with Crippen LogP contribution in [0.2, 0.25) is 0 Å². The van der Waals surface area contributed by atoms with Crippen LogP contribution >= 0.6 is 0 Å². The van der Waals surface area contributed by atoms with Crippen LogP contribution in [-0.4, -0.2) is 44.4 Å². The van der Waals surface area contributed by atoms with Crippen molar-refractivity contribution in [1.82, 2.24) is 4.31 Å². The van der Waals surface area contributed by atoms with Gasteiger partial charge in [-0.05, 0) is 60.1 Å². The first-order valence-corrected chi connectivity index (χ1v) is 13.1. The standard InChI is InChI=1S/C24H36N2O2S/c1-23(2,3)21-4-6-22(7-5-21)29(27,28)26-10-8-25(9-11-26)24-15-18-12-19(16-24)14-20(13-18)17-24/h4-7,18-20H,8-17H2,1-3H3/p+1. The predicted molar refractivity (Wildman–Crippen MR) is 116 cm³/mol. The molecule has 0 aromatic heterocycles. The minimum atomic E-state index is -3.38. The lowest BCUT2D eigenvalue weighted by atomic mass is 9.52. The highest BCUT2D eigenvalue weighted by molar-refractivity contribution is 7.89. The number of sulfonamides is 1. The monoisotopic (exact) mass is 417 g/mol. The lowest BCUT2D eigenvalue weighted by Gasteiger charge is -2.59. The van der Waals surface area contributed by atoms with Crippen molar-refractivity contribution in [2.75, 3.05) is 26.2 Å². The molecule has 0 amide bonds. The SMILES string of the molecule is CC(C)(C)c1ccc(S(=O)(=O)N2CC[NH+](C34CC5CC(CC(C5)C3)C4)CC2)cc1. The van der Waals surface area contributed by atoms with Crippen molar-refractivity contribution in [2.24, 2.45) is 17.8 Å². The Kier molecular flexibility index (Phi) is 4.69. The Morgan fingerprint density at radius 3 is 1.83 bits per heavy atom. The molecule has 6 rings (SSSR count). The minimum absolute atomic E-state index is 0.0368. The molecule has 0 spiro atoms. The summed E-state index contributed by atoms with van der Waals surface area (Å²) in [7, 11) is -3.38. The Morgan fingerprint density at radius 2 is 1.38 bits per heavy atom. The smallest absolute Gasteiger partial charge is 0.243 e. The van der Waals surface area contributed by atoms with E-state index in [4.69, 9.17) is 0 Å². The van der Waals surface area contributed by atoms with Crippen LogP contribution < -0.4 is 4.90 Å². The number of nitrogens with one attached hydrogen (secondary N) is 1. The van der Waals surface area contributed by atoms with Gasteiger partial charge < -0.3 is 4.90 Å². The highest BCUT2D eigenvalue weighted by Gasteiger charge is 2.56. The zero-order valence-electron chi connectivity index (χ0n) is 18.3. The molecule has 4 saturated carbocycles. The number of hydrogen-bond donors (Lipinski definition) is 1. The fourth-order valence-corrected chi connectivity index (χ4v) is 8.79. The van der Waals surface area contributed by atoms with Crippen LogP contribution in [0, 0.1) is 17.8 Å². The number of rotatable bonds is 3. The number of quaternary nitrogens is 1. The lowest BCUT2D eigenvalue weighted by Crippen LogP contribution is -3.23. The third kappa shape index (κ3) is 3.47. The van der Waals surface area contributed by atoms with E-state index < -0.39 is 10.0 Å². The van der Waals surface area contributed by atoms with Crippen molar-refractivity contribution in [3.63, 3.8) is 0 Å². The Hall–Kier alpha value is -0.910. The summed E-state index contributed by atoms with van der Waals surface area (Å²) < 4.78 is 28.2. The molecule has 1 saturated heterocycles. The highest BCUT2D eigenvalue weighted by Crippen LogP contribution is 2.54. The molecule has 4 bridgehead atoms. The molecule has 4 nitrogen and oxygen atoms in total. The van der Waals surface area contributed by atoms with Gasteiger partial charge in [0.2, 0.25) is 10.0 Å². The van der Waals surface area contributed by atoms with E-state index >= 15 is 0 Å². The molecule has 29 heavy (non-hydrogen) atoms. The minimum Gasteiger partial charge on any atom is -0.328 e. The van der Waals surface area contributed by atoms with Gasteiger partial charge in [0.15, 0.2) is 0 Å². The van der Waals surface area contributed by atoms with Gasteiger partial charge in [-0.3, -0.25) is 0 Å². The Labute approximate surface area is 176 Å². The van der Waals surface area contributed by atoms with Crippen LogP contribution in [0.15, 0.2) is 29.2 Å². The van der Waals surface area contributed by atoms with E-state index in [9.17, 15) is 8.42 Å². The fourth-order valence-electron chi connectivity index (χ4n) is 7.35. The molecule has 0 unspecified atom stereocenters. The van der Waals surface area contributed by atoms with Gasteiger partial charge in [0.25, 0.3) is 0 Å². The van der Waals surface area contributed by atoms with Gasteiger partial charge in [0.1, 0.15) is 0 Å². The van der Waals surface area contributed by atoms with E-state index in [-0.39, 0.29) is 5.41 Å². The van der Waals surface area contributed by atoms with E-state index in [0.29, 0.717) is 23.5 Å². The van der Waals surface area contributed by atoms with E-state index in [1.165, 1.54) is 44.1 Å². The Morgan fingerprint density at radius 1 is 0.897 bits per heavy atom. The first-order chi connectivity index (χ1) is 13.7. The lowest BCUT2D eigenvalue weighted by molar-refractivity contribution is -0.962. The summed E-state index contributed by atoms with van der Waals surface area (Å²) >= 11 is 0. The molecular weight excluding hydrogens is 380 g/mol. The quantitative estimate of drug-likeness (QED) is 0.822. The predicted octanol–water partition coefficient (Wildman–Crippen LogP) is 2.84. The first kappa shape index (κ1) is 20.0. The molecule has 160 valence electrons. The molecule has 1 aromatic carbocycles. The Bertz CT molecular complexity index is 826. The van der Waals surface area contributed by atoms with Gasteiger partial charge in [-0.2, -0.15) is 4.31 Å². The van der Waals surface area contributed by atoms with E-state index in [1.54, 1.807) is 21.3 Å². The molecule has 1 heterocycles. The summed E-state index contributed by atoms with van der Waals surface area (Å²) in [6, 6.07) is 7.55. The van der Waals surface area contributed by atoms with E-state index in [1.807, 2.05) is 12.1 Å². The maximum Gasteiger partial charge on any atom is 0.243 e. The van der Waals surface area contributed by atoms with Gasteiger partial charge in [-0.15, -0.1) is 0 Å². The average molecular weight is 418 g/mol. The number of piperazine rings is 1. The second-order valence-electron chi connectivity index (χ2n) is 11.5. The third-order valence-electron chi connectivity index (χ3n) is 8.47. The van der Waals surface area contributed by atoms with Gasteiger partial charge in [0.05, 0.1) is 36.6 Å². The largest absolute Gasteiger partial charge is 0.328 e. The van der Waals surface area contributed by atoms with Gasteiger partial charge in [0, 0.05) is 19.3 Å².